The molecule has 1 N–H and O–H groups in total. The number of likely N-dealkylation sites (N-methyl/N-ethyl adjacent to an activating group) is 1. The van der Waals surface area contributed by atoms with Crippen molar-refractivity contribution in [1.82, 2.24) is 4.90 Å². The van der Waals surface area contributed by atoms with Crippen molar-refractivity contribution in [3.05, 3.63) is 29.8 Å². The molecule has 0 aromatic heterocycles. The van der Waals surface area contributed by atoms with E-state index in [-0.39, 0.29) is 5.56 Å². The van der Waals surface area contributed by atoms with Gasteiger partial charge in [0.15, 0.2) is 0 Å². The minimum absolute atomic E-state index is 0.253. The average Bonchev–Trinajstić information content (AvgIpc) is 2.48. The van der Waals surface area contributed by atoms with Crippen molar-refractivity contribution in [1.29, 1.82) is 0 Å². The van der Waals surface area contributed by atoms with Crippen molar-refractivity contribution in [3.8, 4) is 5.75 Å². The van der Waals surface area contributed by atoms with E-state index >= 15 is 0 Å². The second-order valence-corrected chi connectivity index (χ2v) is 5.50. The Balaban J connectivity index is 1.70. The first kappa shape index (κ1) is 15.8. The highest BCUT2D eigenvalue weighted by molar-refractivity contribution is 5.87. The summed E-state index contributed by atoms with van der Waals surface area (Å²) in [6.07, 6.45) is 2.26. The van der Waals surface area contributed by atoms with Crippen molar-refractivity contribution in [2.45, 2.75) is 12.8 Å². The quantitative estimate of drug-likeness (QED) is 0.834. The highest BCUT2D eigenvalue weighted by Crippen LogP contribution is 2.16. The molecule has 0 aliphatic carbocycles. The summed E-state index contributed by atoms with van der Waals surface area (Å²) in [7, 11) is 2.09. The van der Waals surface area contributed by atoms with Crippen LogP contribution in [-0.2, 0) is 4.74 Å². The lowest BCUT2D eigenvalue weighted by molar-refractivity contribution is 0.0543. The van der Waals surface area contributed by atoms with E-state index in [4.69, 9.17) is 14.6 Å². The zero-order valence-electron chi connectivity index (χ0n) is 12.5. The Labute approximate surface area is 125 Å². The van der Waals surface area contributed by atoms with Crippen LogP contribution in [0.1, 0.15) is 23.2 Å². The lowest BCUT2D eigenvalue weighted by Crippen LogP contribution is -2.32. The van der Waals surface area contributed by atoms with Gasteiger partial charge < -0.3 is 19.5 Å². The standard InChI is InChI=1S/C16H23NO4/c1-17(12-13-5-8-20-9-6-13)7-10-21-15-4-2-3-14(11-15)16(18)19/h2-4,11,13H,5-10,12H2,1H3,(H,18,19). The summed E-state index contributed by atoms with van der Waals surface area (Å²) >= 11 is 0. The Morgan fingerprint density at radius 1 is 1.43 bits per heavy atom. The summed E-state index contributed by atoms with van der Waals surface area (Å²) in [4.78, 5) is 13.1. The molecular weight excluding hydrogens is 270 g/mol. The van der Waals surface area contributed by atoms with Crippen molar-refractivity contribution >= 4 is 5.97 Å². The topological polar surface area (TPSA) is 59.0 Å². The van der Waals surface area contributed by atoms with E-state index in [0.29, 0.717) is 18.3 Å². The molecule has 0 spiro atoms. The lowest BCUT2D eigenvalue weighted by Gasteiger charge is -2.27. The third-order valence-corrected chi connectivity index (χ3v) is 3.73. The summed E-state index contributed by atoms with van der Waals surface area (Å²) in [6, 6.07) is 6.60. The molecule has 0 radical (unpaired) electrons. The van der Waals surface area contributed by atoms with Crippen LogP contribution in [0, 0.1) is 5.92 Å². The van der Waals surface area contributed by atoms with E-state index in [1.54, 1.807) is 24.3 Å². The molecule has 1 aliphatic heterocycles. The van der Waals surface area contributed by atoms with Gasteiger partial charge >= 0.3 is 5.97 Å². The SMILES string of the molecule is CN(CCOc1cccc(C(=O)O)c1)CC1CCOCC1. The van der Waals surface area contributed by atoms with E-state index in [9.17, 15) is 4.79 Å². The zero-order chi connectivity index (χ0) is 15.1. The molecule has 0 atom stereocenters. The summed E-state index contributed by atoms with van der Waals surface area (Å²) < 4.78 is 11.0. The van der Waals surface area contributed by atoms with Crippen molar-refractivity contribution in [2.24, 2.45) is 5.92 Å². The van der Waals surface area contributed by atoms with E-state index in [1.807, 2.05) is 0 Å². The molecule has 1 saturated heterocycles. The number of nitrogens with zero attached hydrogens (tertiary/aromatic N) is 1. The molecule has 116 valence electrons. The number of carboxylic acids is 1. The fourth-order valence-corrected chi connectivity index (χ4v) is 2.50. The van der Waals surface area contributed by atoms with Gasteiger partial charge in [-0.1, -0.05) is 6.07 Å². The predicted molar refractivity (Wildman–Crippen MR) is 79.9 cm³/mol. The van der Waals surface area contributed by atoms with E-state index in [1.165, 1.54) is 0 Å². The van der Waals surface area contributed by atoms with Crippen LogP contribution >= 0.6 is 0 Å². The van der Waals surface area contributed by atoms with Crippen molar-refractivity contribution < 1.29 is 19.4 Å². The molecule has 21 heavy (non-hydrogen) atoms. The minimum atomic E-state index is -0.933. The van der Waals surface area contributed by atoms with Crippen LogP contribution in [0.5, 0.6) is 5.75 Å². The Hall–Kier alpha value is -1.59. The van der Waals surface area contributed by atoms with Gasteiger partial charge in [-0.3, -0.25) is 0 Å². The minimum Gasteiger partial charge on any atom is -0.492 e. The molecule has 0 saturated carbocycles. The van der Waals surface area contributed by atoms with Gasteiger partial charge in [-0.05, 0) is 44.0 Å². The van der Waals surface area contributed by atoms with Gasteiger partial charge in [-0.25, -0.2) is 4.79 Å². The van der Waals surface area contributed by atoms with Crippen LogP contribution in [0.15, 0.2) is 24.3 Å². The van der Waals surface area contributed by atoms with Crippen LogP contribution in [0.25, 0.3) is 0 Å². The Morgan fingerprint density at radius 3 is 2.90 bits per heavy atom. The molecule has 1 aromatic rings. The number of carbonyl (C=O) groups is 1. The Morgan fingerprint density at radius 2 is 2.19 bits per heavy atom. The number of ether oxygens (including phenoxy) is 2. The fourth-order valence-electron chi connectivity index (χ4n) is 2.50. The lowest BCUT2D eigenvalue weighted by atomic mass is 10.00. The maximum atomic E-state index is 10.9. The molecule has 2 rings (SSSR count). The molecule has 5 nitrogen and oxygen atoms in total. The fraction of sp³-hybridized carbons (Fsp3) is 0.562. The first-order chi connectivity index (χ1) is 10.1. The summed E-state index contributed by atoms with van der Waals surface area (Å²) in [5, 5.41) is 8.93. The van der Waals surface area contributed by atoms with Gasteiger partial charge in [-0.2, -0.15) is 0 Å². The van der Waals surface area contributed by atoms with Crippen LogP contribution in [0.3, 0.4) is 0 Å². The zero-order valence-corrected chi connectivity index (χ0v) is 12.5. The Bertz CT molecular complexity index is 457. The number of carboxylic acid groups (broad SMARTS) is 1. The van der Waals surface area contributed by atoms with Crippen LogP contribution in [0.2, 0.25) is 0 Å². The van der Waals surface area contributed by atoms with Crippen LogP contribution < -0.4 is 4.74 Å². The molecule has 1 aromatic carbocycles. The van der Waals surface area contributed by atoms with E-state index in [0.717, 1.165) is 39.1 Å². The molecule has 1 fully saturated rings. The molecule has 5 heteroatoms. The third kappa shape index (κ3) is 5.36. The summed E-state index contributed by atoms with van der Waals surface area (Å²) in [5.41, 5.74) is 0.253. The number of benzene rings is 1. The highest BCUT2D eigenvalue weighted by atomic mass is 16.5. The molecule has 1 heterocycles. The monoisotopic (exact) mass is 293 g/mol. The molecule has 1 aliphatic rings. The molecule has 0 bridgehead atoms. The largest absolute Gasteiger partial charge is 0.492 e. The second kappa shape index (κ2) is 8.00. The van der Waals surface area contributed by atoms with Gasteiger partial charge in [0.2, 0.25) is 0 Å². The molecular formula is C16H23NO4. The number of aromatic carboxylic acids is 1. The van der Waals surface area contributed by atoms with Gasteiger partial charge in [0.25, 0.3) is 0 Å². The summed E-state index contributed by atoms with van der Waals surface area (Å²) in [5.74, 6) is 0.380. The predicted octanol–water partition coefficient (Wildman–Crippen LogP) is 2.12. The smallest absolute Gasteiger partial charge is 0.335 e. The number of rotatable bonds is 7. The first-order valence-corrected chi connectivity index (χ1v) is 7.37. The summed E-state index contributed by atoms with van der Waals surface area (Å²) in [6.45, 7) is 4.19. The number of hydrogen-bond donors (Lipinski definition) is 1. The second-order valence-electron chi connectivity index (χ2n) is 5.50. The maximum absolute atomic E-state index is 10.9. The van der Waals surface area contributed by atoms with Gasteiger partial charge in [0.1, 0.15) is 12.4 Å². The van der Waals surface area contributed by atoms with E-state index < -0.39 is 5.97 Å². The van der Waals surface area contributed by atoms with E-state index in [2.05, 4.69) is 11.9 Å². The van der Waals surface area contributed by atoms with Crippen molar-refractivity contribution in [2.75, 3.05) is 40.0 Å². The average molecular weight is 293 g/mol. The first-order valence-electron chi connectivity index (χ1n) is 7.37. The third-order valence-electron chi connectivity index (χ3n) is 3.73. The number of hydrogen-bond acceptors (Lipinski definition) is 4. The van der Waals surface area contributed by atoms with Crippen molar-refractivity contribution in [3.63, 3.8) is 0 Å². The highest BCUT2D eigenvalue weighted by Gasteiger charge is 2.15. The molecule has 0 unspecified atom stereocenters. The maximum Gasteiger partial charge on any atom is 0.335 e. The normalized spacial score (nSPS) is 16.1. The molecule has 0 amide bonds. The van der Waals surface area contributed by atoms with Crippen LogP contribution in [0.4, 0.5) is 0 Å². The van der Waals surface area contributed by atoms with Gasteiger partial charge in [0, 0.05) is 26.3 Å². The van der Waals surface area contributed by atoms with Gasteiger partial charge in [-0.15, -0.1) is 0 Å². The Kier molecular flexibility index (Phi) is 6.02. The van der Waals surface area contributed by atoms with Crippen LogP contribution in [-0.4, -0.2) is 55.9 Å². The van der Waals surface area contributed by atoms with Gasteiger partial charge in [0.05, 0.1) is 5.56 Å².